The van der Waals surface area contributed by atoms with Crippen molar-refractivity contribution in [2.45, 2.75) is 37.0 Å². The minimum Gasteiger partial charge on any atom is -0.493 e. The highest BCUT2D eigenvalue weighted by Crippen LogP contribution is 2.28. The number of hydrogen-bond acceptors (Lipinski definition) is 5. The van der Waals surface area contributed by atoms with Crippen LogP contribution in [0, 0.1) is 5.92 Å². The van der Waals surface area contributed by atoms with Crippen molar-refractivity contribution in [3.8, 4) is 5.75 Å². The van der Waals surface area contributed by atoms with Gasteiger partial charge >= 0.3 is 0 Å². The number of nitrogens with one attached hydrogen (secondary N) is 1. The van der Waals surface area contributed by atoms with Crippen molar-refractivity contribution < 1.29 is 13.2 Å². The lowest BCUT2D eigenvalue weighted by Crippen LogP contribution is -2.17. The maximum atomic E-state index is 12.5. The van der Waals surface area contributed by atoms with Crippen LogP contribution in [0.25, 0.3) is 0 Å². The van der Waals surface area contributed by atoms with Crippen LogP contribution in [-0.4, -0.2) is 20.0 Å². The number of nitrogen functional groups attached to an aromatic ring is 1. The van der Waals surface area contributed by atoms with E-state index < -0.39 is 10.0 Å². The molecule has 3 N–H and O–H groups in total. The first-order chi connectivity index (χ1) is 12.0. The highest BCUT2D eigenvalue weighted by atomic mass is 32.2. The summed E-state index contributed by atoms with van der Waals surface area (Å²) < 4.78 is 33.2. The van der Waals surface area contributed by atoms with Crippen molar-refractivity contribution in [1.82, 2.24) is 4.98 Å². The number of nitrogens with zero attached hydrogens (tertiary/aromatic N) is 1. The lowest BCUT2D eigenvalue weighted by Gasteiger charge is -2.21. The number of nitrogens with two attached hydrogens (primary N) is 1. The Morgan fingerprint density at radius 2 is 1.96 bits per heavy atom. The fourth-order valence-electron chi connectivity index (χ4n) is 3.04. The molecule has 1 fully saturated rings. The van der Waals surface area contributed by atoms with E-state index in [1.54, 1.807) is 30.3 Å². The Bertz CT molecular complexity index is 804. The van der Waals surface area contributed by atoms with Crippen LogP contribution in [0.5, 0.6) is 5.75 Å². The summed E-state index contributed by atoms with van der Waals surface area (Å²) in [5.74, 6) is 1.42. The standard InChI is InChI=1S/C18H23N3O3S/c19-16-12-15(24-13-14-6-2-1-3-7-14)9-10-17(16)25(22,23)21-18-8-4-5-11-20-18/h4-5,8-12,14H,1-3,6-7,13,19H2,(H,20,21). The summed E-state index contributed by atoms with van der Waals surface area (Å²) in [6.45, 7) is 0.651. The number of hydrogen-bond donors (Lipinski definition) is 2. The van der Waals surface area contributed by atoms with Crippen LogP contribution in [-0.2, 0) is 10.0 Å². The average molecular weight is 361 g/mol. The number of aromatic nitrogens is 1. The number of rotatable bonds is 6. The Hall–Kier alpha value is -2.28. The minimum absolute atomic E-state index is 0.0168. The Balaban J connectivity index is 1.68. The maximum absolute atomic E-state index is 12.5. The zero-order valence-electron chi connectivity index (χ0n) is 14.0. The predicted octanol–water partition coefficient (Wildman–Crippen LogP) is 3.42. The molecule has 1 aliphatic rings. The lowest BCUT2D eigenvalue weighted by molar-refractivity contribution is 0.209. The number of ether oxygens (including phenoxy) is 1. The quantitative estimate of drug-likeness (QED) is 0.769. The molecule has 0 spiro atoms. The van der Waals surface area contributed by atoms with E-state index in [1.165, 1.54) is 44.4 Å². The normalized spacial score (nSPS) is 15.7. The molecule has 1 aromatic carbocycles. The summed E-state index contributed by atoms with van der Waals surface area (Å²) in [6.07, 6.45) is 7.72. The van der Waals surface area contributed by atoms with E-state index in [1.807, 2.05) is 0 Å². The number of benzene rings is 1. The Morgan fingerprint density at radius 3 is 2.64 bits per heavy atom. The van der Waals surface area contributed by atoms with Gasteiger partial charge in [-0.05, 0) is 43.0 Å². The first kappa shape index (κ1) is 17.5. The van der Waals surface area contributed by atoms with Gasteiger partial charge in [-0.2, -0.15) is 0 Å². The molecule has 1 aliphatic carbocycles. The molecule has 7 heteroatoms. The van der Waals surface area contributed by atoms with Gasteiger partial charge in [0.15, 0.2) is 0 Å². The maximum Gasteiger partial charge on any atom is 0.265 e. The second-order valence-corrected chi connectivity index (χ2v) is 7.99. The molecule has 0 saturated heterocycles. The van der Waals surface area contributed by atoms with Crippen LogP contribution >= 0.6 is 0 Å². The van der Waals surface area contributed by atoms with Crippen LogP contribution in [0.15, 0.2) is 47.5 Å². The molecule has 0 amide bonds. The molecule has 2 aromatic rings. The van der Waals surface area contributed by atoms with Crippen LogP contribution in [0.2, 0.25) is 0 Å². The average Bonchev–Trinajstić information content (AvgIpc) is 2.61. The summed E-state index contributed by atoms with van der Waals surface area (Å²) in [5.41, 5.74) is 6.11. The van der Waals surface area contributed by atoms with E-state index in [9.17, 15) is 8.42 Å². The van der Waals surface area contributed by atoms with Crippen molar-refractivity contribution in [3.05, 3.63) is 42.6 Å². The molecule has 0 radical (unpaired) electrons. The van der Waals surface area contributed by atoms with Gasteiger partial charge in [0.1, 0.15) is 16.5 Å². The highest BCUT2D eigenvalue weighted by molar-refractivity contribution is 7.92. The first-order valence-corrected chi connectivity index (χ1v) is 9.99. The number of anilines is 2. The third kappa shape index (κ3) is 4.63. The summed E-state index contributed by atoms with van der Waals surface area (Å²) in [4.78, 5) is 3.98. The summed E-state index contributed by atoms with van der Waals surface area (Å²) in [6, 6.07) is 9.68. The largest absolute Gasteiger partial charge is 0.493 e. The summed E-state index contributed by atoms with van der Waals surface area (Å²) >= 11 is 0. The highest BCUT2D eigenvalue weighted by Gasteiger charge is 2.19. The Labute approximate surface area is 148 Å². The van der Waals surface area contributed by atoms with E-state index in [0.717, 1.165) is 0 Å². The Morgan fingerprint density at radius 1 is 1.16 bits per heavy atom. The van der Waals surface area contributed by atoms with E-state index in [4.69, 9.17) is 10.5 Å². The number of sulfonamides is 1. The van der Waals surface area contributed by atoms with Gasteiger partial charge in [0.05, 0.1) is 12.3 Å². The minimum atomic E-state index is -3.79. The van der Waals surface area contributed by atoms with Crippen LogP contribution in [0.4, 0.5) is 11.5 Å². The molecule has 6 nitrogen and oxygen atoms in total. The fourth-order valence-corrected chi connectivity index (χ4v) is 4.17. The molecule has 1 saturated carbocycles. The van der Waals surface area contributed by atoms with Crippen molar-refractivity contribution in [2.24, 2.45) is 5.92 Å². The van der Waals surface area contributed by atoms with Gasteiger partial charge in [-0.25, -0.2) is 13.4 Å². The zero-order valence-corrected chi connectivity index (χ0v) is 14.8. The molecular weight excluding hydrogens is 338 g/mol. The second-order valence-electron chi connectivity index (χ2n) is 6.34. The third-order valence-corrected chi connectivity index (χ3v) is 5.81. The topological polar surface area (TPSA) is 94.3 Å². The van der Waals surface area contributed by atoms with Crippen LogP contribution in [0.1, 0.15) is 32.1 Å². The first-order valence-electron chi connectivity index (χ1n) is 8.51. The lowest BCUT2D eigenvalue weighted by atomic mass is 9.90. The second kappa shape index (κ2) is 7.74. The van der Waals surface area contributed by atoms with Crippen molar-refractivity contribution in [3.63, 3.8) is 0 Å². The van der Waals surface area contributed by atoms with Crippen molar-refractivity contribution in [2.75, 3.05) is 17.1 Å². The molecule has 0 unspecified atom stereocenters. The molecule has 1 heterocycles. The van der Waals surface area contributed by atoms with Gasteiger partial charge in [-0.15, -0.1) is 0 Å². The molecular formula is C18H23N3O3S. The number of pyridine rings is 1. The summed E-state index contributed by atoms with van der Waals surface area (Å²) in [7, 11) is -3.79. The molecule has 0 atom stereocenters. The van der Waals surface area contributed by atoms with Gasteiger partial charge < -0.3 is 10.5 Å². The smallest absolute Gasteiger partial charge is 0.265 e. The molecule has 1 aromatic heterocycles. The van der Waals surface area contributed by atoms with Gasteiger partial charge in [-0.3, -0.25) is 4.72 Å². The van der Waals surface area contributed by atoms with Crippen LogP contribution < -0.4 is 15.2 Å². The molecule has 3 rings (SSSR count). The van der Waals surface area contributed by atoms with Gasteiger partial charge in [0, 0.05) is 12.3 Å². The fraction of sp³-hybridized carbons (Fsp3) is 0.389. The van der Waals surface area contributed by atoms with Crippen LogP contribution in [0.3, 0.4) is 0 Å². The molecule has 134 valence electrons. The third-order valence-electron chi connectivity index (χ3n) is 4.39. The van der Waals surface area contributed by atoms with Gasteiger partial charge in [0.25, 0.3) is 10.0 Å². The van der Waals surface area contributed by atoms with Crippen molar-refractivity contribution in [1.29, 1.82) is 0 Å². The van der Waals surface area contributed by atoms with E-state index in [-0.39, 0.29) is 16.4 Å². The van der Waals surface area contributed by atoms with Gasteiger partial charge in [-0.1, -0.05) is 25.3 Å². The van der Waals surface area contributed by atoms with E-state index in [2.05, 4.69) is 9.71 Å². The molecule has 0 aliphatic heterocycles. The zero-order chi connectivity index (χ0) is 17.7. The van der Waals surface area contributed by atoms with Gasteiger partial charge in [0.2, 0.25) is 0 Å². The molecule has 25 heavy (non-hydrogen) atoms. The Kier molecular flexibility index (Phi) is 5.43. The van der Waals surface area contributed by atoms with E-state index >= 15 is 0 Å². The van der Waals surface area contributed by atoms with E-state index in [0.29, 0.717) is 18.3 Å². The summed E-state index contributed by atoms with van der Waals surface area (Å²) in [5, 5.41) is 0. The van der Waals surface area contributed by atoms with Crippen molar-refractivity contribution >= 4 is 21.5 Å². The molecule has 0 bridgehead atoms. The predicted molar refractivity (Wildman–Crippen MR) is 98.0 cm³/mol. The SMILES string of the molecule is Nc1cc(OCC2CCCCC2)ccc1S(=O)(=O)Nc1ccccn1. The monoisotopic (exact) mass is 361 g/mol.